The molecule has 1 heterocycles. The van der Waals surface area contributed by atoms with Crippen molar-refractivity contribution in [3.05, 3.63) is 46.2 Å². The van der Waals surface area contributed by atoms with Crippen LogP contribution in [0.3, 0.4) is 0 Å². The molecule has 2 rings (SSSR count). The lowest BCUT2D eigenvalue weighted by atomic mass is 10.2. The highest BCUT2D eigenvalue weighted by atomic mass is 35.5. The van der Waals surface area contributed by atoms with E-state index in [2.05, 4.69) is 5.10 Å². The predicted octanol–water partition coefficient (Wildman–Crippen LogP) is 1.51. The van der Waals surface area contributed by atoms with Crippen LogP contribution in [0.4, 0.5) is 0 Å². The summed E-state index contributed by atoms with van der Waals surface area (Å²) in [6, 6.07) is 6.39. The number of carboxylic acid groups (broad SMARTS) is 1. The summed E-state index contributed by atoms with van der Waals surface area (Å²) in [5, 5.41) is 15.6. The van der Waals surface area contributed by atoms with Crippen LogP contribution in [0.1, 0.15) is 21.7 Å². The molecule has 0 saturated heterocycles. The molecule has 0 bridgehead atoms. The van der Waals surface area contributed by atoms with Gasteiger partial charge >= 0.3 is 0 Å². The number of aromatic carboxylic acids is 1. The monoisotopic (exact) mass is 249 g/mol. The van der Waals surface area contributed by atoms with Crippen molar-refractivity contribution in [3.8, 4) is 5.69 Å². The van der Waals surface area contributed by atoms with Crippen molar-refractivity contribution in [2.24, 2.45) is 0 Å². The molecule has 17 heavy (non-hydrogen) atoms. The summed E-state index contributed by atoms with van der Waals surface area (Å²) in [6.45, 7) is 3.63. The number of hydrogen-bond acceptors (Lipinski definition) is 3. The minimum Gasteiger partial charge on any atom is -0.545 e. The van der Waals surface area contributed by atoms with E-state index in [0.717, 1.165) is 5.69 Å². The van der Waals surface area contributed by atoms with Crippen molar-refractivity contribution in [3.63, 3.8) is 0 Å². The van der Waals surface area contributed by atoms with Gasteiger partial charge in [0.1, 0.15) is 0 Å². The van der Waals surface area contributed by atoms with Gasteiger partial charge in [0.05, 0.1) is 28.1 Å². The highest BCUT2D eigenvalue weighted by Gasteiger charge is 2.10. The molecule has 0 radical (unpaired) electrons. The van der Waals surface area contributed by atoms with E-state index in [4.69, 9.17) is 11.6 Å². The first-order valence-corrected chi connectivity index (χ1v) is 5.42. The quantitative estimate of drug-likeness (QED) is 0.811. The van der Waals surface area contributed by atoms with E-state index in [9.17, 15) is 9.90 Å². The highest BCUT2D eigenvalue weighted by Crippen LogP contribution is 2.22. The van der Waals surface area contributed by atoms with E-state index >= 15 is 0 Å². The molecule has 88 valence electrons. The molecule has 0 amide bonds. The summed E-state index contributed by atoms with van der Waals surface area (Å²) < 4.78 is 1.62. The Bertz CT molecular complexity index is 590. The lowest BCUT2D eigenvalue weighted by Crippen LogP contribution is -2.22. The van der Waals surface area contributed by atoms with Gasteiger partial charge in [0.2, 0.25) is 0 Å². The molecular formula is C12H10ClN2O2-. The number of aromatic nitrogens is 2. The molecule has 1 aromatic carbocycles. The van der Waals surface area contributed by atoms with Gasteiger partial charge in [-0.3, -0.25) is 0 Å². The van der Waals surface area contributed by atoms with Crippen molar-refractivity contribution >= 4 is 17.6 Å². The number of aryl methyl sites for hydroxylation is 1. The number of carbonyl (C=O) groups is 1. The van der Waals surface area contributed by atoms with Crippen LogP contribution in [0.5, 0.6) is 0 Å². The number of halogens is 1. The number of rotatable bonds is 2. The van der Waals surface area contributed by atoms with E-state index in [-0.39, 0.29) is 5.56 Å². The van der Waals surface area contributed by atoms with E-state index in [1.54, 1.807) is 23.7 Å². The first-order valence-electron chi connectivity index (χ1n) is 5.04. The second-order valence-corrected chi connectivity index (χ2v) is 4.11. The zero-order valence-corrected chi connectivity index (χ0v) is 10.2. The van der Waals surface area contributed by atoms with Gasteiger partial charge in [-0.15, -0.1) is 0 Å². The fourth-order valence-electron chi connectivity index (χ4n) is 1.64. The Morgan fingerprint density at radius 2 is 2.12 bits per heavy atom. The second kappa shape index (κ2) is 4.22. The van der Waals surface area contributed by atoms with Crippen LogP contribution in [0.25, 0.3) is 5.69 Å². The first-order chi connectivity index (χ1) is 8.00. The van der Waals surface area contributed by atoms with Crippen molar-refractivity contribution in [1.29, 1.82) is 0 Å². The highest BCUT2D eigenvalue weighted by molar-refractivity contribution is 6.31. The van der Waals surface area contributed by atoms with Crippen molar-refractivity contribution in [1.82, 2.24) is 9.78 Å². The third-order valence-corrected chi connectivity index (χ3v) is 3.08. The number of benzene rings is 1. The maximum Gasteiger partial charge on any atom is 0.0848 e. The van der Waals surface area contributed by atoms with Crippen LogP contribution >= 0.6 is 11.6 Å². The zero-order valence-electron chi connectivity index (χ0n) is 9.40. The fraction of sp³-hybridized carbons (Fsp3) is 0.167. The topological polar surface area (TPSA) is 58.0 Å². The van der Waals surface area contributed by atoms with Crippen LogP contribution in [-0.4, -0.2) is 15.7 Å². The Morgan fingerprint density at radius 1 is 1.41 bits per heavy atom. The Hall–Kier alpha value is -1.81. The first kappa shape index (κ1) is 11.7. The lowest BCUT2D eigenvalue weighted by Gasteiger charge is -2.07. The van der Waals surface area contributed by atoms with E-state index in [0.29, 0.717) is 16.4 Å². The SMILES string of the molecule is Cc1nn(-c2cccc(C(=O)[O-])c2)c(C)c1Cl. The van der Waals surface area contributed by atoms with Gasteiger partial charge in [-0.05, 0) is 31.5 Å². The van der Waals surface area contributed by atoms with Gasteiger partial charge in [-0.1, -0.05) is 23.7 Å². The number of carbonyl (C=O) groups excluding carboxylic acids is 1. The summed E-state index contributed by atoms with van der Waals surface area (Å²) in [4.78, 5) is 10.8. The maximum atomic E-state index is 10.8. The van der Waals surface area contributed by atoms with Gasteiger partial charge in [0.15, 0.2) is 0 Å². The van der Waals surface area contributed by atoms with Crippen LogP contribution in [0.2, 0.25) is 5.02 Å². The smallest absolute Gasteiger partial charge is 0.0848 e. The number of nitrogens with zero attached hydrogens (tertiary/aromatic N) is 2. The maximum absolute atomic E-state index is 10.8. The van der Waals surface area contributed by atoms with Crippen LogP contribution in [-0.2, 0) is 0 Å². The Balaban J connectivity index is 2.56. The predicted molar refractivity (Wildman–Crippen MR) is 62.4 cm³/mol. The van der Waals surface area contributed by atoms with Crippen LogP contribution in [0.15, 0.2) is 24.3 Å². The summed E-state index contributed by atoms with van der Waals surface area (Å²) in [5.41, 5.74) is 2.26. The fourth-order valence-corrected chi connectivity index (χ4v) is 1.76. The van der Waals surface area contributed by atoms with Gasteiger partial charge < -0.3 is 9.90 Å². The molecular weight excluding hydrogens is 240 g/mol. The van der Waals surface area contributed by atoms with Crippen molar-refractivity contribution in [2.45, 2.75) is 13.8 Å². The Labute approximate surface area is 103 Å². The molecule has 0 saturated carbocycles. The molecule has 1 aromatic heterocycles. The Morgan fingerprint density at radius 3 is 2.65 bits per heavy atom. The van der Waals surface area contributed by atoms with Gasteiger partial charge in [0.25, 0.3) is 0 Å². The summed E-state index contributed by atoms with van der Waals surface area (Å²) in [5.74, 6) is -1.21. The molecule has 2 aromatic rings. The van der Waals surface area contributed by atoms with E-state index in [1.165, 1.54) is 12.1 Å². The molecule has 0 spiro atoms. The molecule has 4 nitrogen and oxygen atoms in total. The van der Waals surface area contributed by atoms with Gasteiger partial charge in [-0.25, -0.2) is 4.68 Å². The summed E-state index contributed by atoms with van der Waals surface area (Å²) >= 11 is 6.04. The van der Waals surface area contributed by atoms with Crippen molar-refractivity contribution < 1.29 is 9.90 Å². The standard InChI is InChI=1S/C12H11ClN2O2/c1-7-11(13)8(2)15(14-7)10-5-3-4-9(6-10)12(16)17/h3-6H,1-2H3,(H,16,17)/p-1. The molecule has 0 N–H and O–H groups in total. The largest absolute Gasteiger partial charge is 0.545 e. The number of carboxylic acids is 1. The van der Waals surface area contributed by atoms with Crippen molar-refractivity contribution in [2.75, 3.05) is 0 Å². The average molecular weight is 250 g/mol. The van der Waals surface area contributed by atoms with Crippen LogP contribution < -0.4 is 5.11 Å². The second-order valence-electron chi connectivity index (χ2n) is 3.73. The van der Waals surface area contributed by atoms with Gasteiger partial charge in [0, 0.05) is 0 Å². The normalized spacial score (nSPS) is 10.5. The number of hydrogen-bond donors (Lipinski definition) is 0. The molecule has 0 fully saturated rings. The lowest BCUT2D eigenvalue weighted by molar-refractivity contribution is -0.255. The average Bonchev–Trinajstić information content (AvgIpc) is 2.57. The molecule has 0 unspecified atom stereocenters. The molecule has 0 aliphatic heterocycles. The molecule has 0 aliphatic carbocycles. The molecule has 5 heteroatoms. The molecule has 0 aliphatic rings. The minimum absolute atomic E-state index is 0.117. The summed E-state index contributed by atoms with van der Waals surface area (Å²) in [7, 11) is 0. The molecule has 0 atom stereocenters. The van der Waals surface area contributed by atoms with E-state index in [1.807, 2.05) is 6.92 Å². The van der Waals surface area contributed by atoms with Crippen LogP contribution in [0, 0.1) is 13.8 Å². The zero-order chi connectivity index (χ0) is 12.6. The third-order valence-electron chi connectivity index (χ3n) is 2.53. The Kier molecular flexibility index (Phi) is 2.90. The third kappa shape index (κ3) is 2.03. The van der Waals surface area contributed by atoms with Gasteiger partial charge in [-0.2, -0.15) is 5.10 Å². The van der Waals surface area contributed by atoms with E-state index < -0.39 is 5.97 Å². The summed E-state index contributed by atoms with van der Waals surface area (Å²) in [6.07, 6.45) is 0. The minimum atomic E-state index is -1.21.